The van der Waals surface area contributed by atoms with Crippen molar-refractivity contribution in [3.63, 3.8) is 0 Å². The number of hydrogen-bond acceptors (Lipinski definition) is 7. The van der Waals surface area contributed by atoms with Crippen LogP contribution in [0.4, 0.5) is 5.69 Å². The molecule has 0 aliphatic heterocycles. The second kappa shape index (κ2) is 10.8. The van der Waals surface area contributed by atoms with Gasteiger partial charge in [-0.25, -0.2) is 22.0 Å². The Morgan fingerprint density at radius 1 is 0.871 bits per heavy atom. The molecule has 0 saturated carbocycles. The molecule has 0 saturated heterocycles. The van der Waals surface area contributed by atoms with E-state index >= 15 is 0 Å². The quantitative estimate of drug-likeness (QED) is 0.494. The highest BCUT2D eigenvalue weighted by molar-refractivity contribution is 7.89. The number of primary sulfonamides is 1. The van der Waals surface area contributed by atoms with Crippen molar-refractivity contribution < 1.29 is 31.1 Å². The average Bonchev–Trinajstić information content (AvgIpc) is 2.73. The van der Waals surface area contributed by atoms with E-state index in [4.69, 9.17) is 14.6 Å². The number of nitrogens with one attached hydrogen (secondary N) is 1. The molecule has 0 bridgehead atoms. The number of carbonyl (C=O) groups is 1. The molecule has 2 rings (SSSR count). The molecular formula is C19H25N3O7S2. The van der Waals surface area contributed by atoms with Crippen LogP contribution >= 0.6 is 0 Å². The fraction of sp³-hybridized carbons (Fsp3) is 0.316. The maximum Gasteiger partial charge on any atom is 0.255 e. The maximum absolute atomic E-state index is 12.9. The van der Waals surface area contributed by atoms with Gasteiger partial charge in [0.25, 0.3) is 5.91 Å². The number of benzene rings is 2. The monoisotopic (exact) mass is 471 g/mol. The number of anilines is 1. The molecule has 31 heavy (non-hydrogen) atoms. The molecule has 12 heteroatoms. The van der Waals surface area contributed by atoms with Gasteiger partial charge in [-0.1, -0.05) is 0 Å². The third-order valence-corrected chi connectivity index (χ3v) is 7.13. The van der Waals surface area contributed by atoms with Gasteiger partial charge in [0.15, 0.2) is 0 Å². The number of amides is 1. The summed E-state index contributed by atoms with van der Waals surface area (Å²) in [5.74, 6) is -0.483. The Bertz CT molecular complexity index is 1080. The minimum Gasteiger partial charge on any atom is -0.383 e. The zero-order chi connectivity index (χ0) is 23.1. The number of hydrogen-bond donors (Lipinski definition) is 2. The summed E-state index contributed by atoms with van der Waals surface area (Å²) in [7, 11) is -4.65. The van der Waals surface area contributed by atoms with Crippen LogP contribution in [-0.2, 0) is 29.5 Å². The molecule has 2 aromatic carbocycles. The van der Waals surface area contributed by atoms with Gasteiger partial charge in [0.05, 0.1) is 23.0 Å². The summed E-state index contributed by atoms with van der Waals surface area (Å²) < 4.78 is 59.6. The van der Waals surface area contributed by atoms with Crippen molar-refractivity contribution in [2.75, 3.05) is 45.8 Å². The number of methoxy groups -OCH3 is 2. The molecule has 0 spiro atoms. The first-order chi connectivity index (χ1) is 14.6. The Kier molecular flexibility index (Phi) is 8.68. The average molecular weight is 472 g/mol. The van der Waals surface area contributed by atoms with Gasteiger partial charge < -0.3 is 14.8 Å². The summed E-state index contributed by atoms with van der Waals surface area (Å²) in [6.45, 7) is 0.791. The lowest BCUT2D eigenvalue weighted by Crippen LogP contribution is -2.36. The van der Waals surface area contributed by atoms with Gasteiger partial charge in [0.1, 0.15) is 0 Å². The van der Waals surface area contributed by atoms with Crippen LogP contribution in [0.2, 0.25) is 0 Å². The first-order valence-corrected chi connectivity index (χ1v) is 12.1. The zero-order valence-corrected chi connectivity index (χ0v) is 18.8. The van der Waals surface area contributed by atoms with E-state index in [1.807, 2.05) is 0 Å². The summed E-state index contributed by atoms with van der Waals surface area (Å²) >= 11 is 0. The van der Waals surface area contributed by atoms with Crippen LogP contribution in [0.3, 0.4) is 0 Å². The zero-order valence-electron chi connectivity index (χ0n) is 17.1. The van der Waals surface area contributed by atoms with E-state index in [1.54, 1.807) is 0 Å². The highest BCUT2D eigenvalue weighted by Gasteiger charge is 2.24. The molecule has 0 radical (unpaired) electrons. The number of nitrogens with zero attached hydrogens (tertiary/aromatic N) is 1. The van der Waals surface area contributed by atoms with Crippen LogP contribution < -0.4 is 10.5 Å². The van der Waals surface area contributed by atoms with E-state index in [1.165, 1.54) is 67.1 Å². The standard InChI is InChI=1S/C19H25N3O7S2/c1-28-13-11-22(12-14-29-2)31(26,27)18-7-3-15(4-8-18)19(23)21-16-5-9-17(10-6-16)30(20,24)25/h3-10H,11-14H2,1-2H3,(H,21,23)(H2,20,24,25). The summed E-state index contributed by atoms with van der Waals surface area (Å²) in [6, 6.07) is 10.8. The maximum atomic E-state index is 12.9. The van der Waals surface area contributed by atoms with E-state index in [0.29, 0.717) is 5.69 Å². The summed E-state index contributed by atoms with van der Waals surface area (Å²) in [5.41, 5.74) is 0.592. The predicted octanol–water partition coefficient (Wildman–Crippen LogP) is 0.870. The third-order valence-electron chi connectivity index (χ3n) is 4.28. The minimum absolute atomic E-state index is 0.0359. The van der Waals surface area contributed by atoms with Crippen molar-refractivity contribution in [3.8, 4) is 0 Å². The van der Waals surface area contributed by atoms with Crippen molar-refractivity contribution in [3.05, 3.63) is 54.1 Å². The molecule has 0 unspecified atom stereocenters. The van der Waals surface area contributed by atoms with E-state index < -0.39 is 26.0 Å². The van der Waals surface area contributed by atoms with E-state index in [2.05, 4.69) is 5.32 Å². The summed E-state index contributed by atoms with van der Waals surface area (Å²) in [5, 5.41) is 7.65. The van der Waals surface area contributed by atoms with Crippen LogP contribution in [-0.4, -0.2) is 67.6 Å². The molecule has 2 aromatic rings. The first kappa shape index (κ1) is 24.9. The van der Waals surface area contributed by atoms with Crippen molar-refractivity contribution in [1.29, 1.82) is 0 Å². The normalized spacial score (nSPS) is 12.1. The molecule has 3 N–H and O–H groups in total. The number of carbonyl (C=O) groups excluding carboxylic acids is 1. The number of ether oxygens (including phenoxy) is 2. The first-order valence-electron chi connectivity index (χ1n) is 9.12. The Morgan fingerprint density at radius 2 is 1.35 bits per heavy atom. The lowest BCUT2D eigenvalue weighted by Gasteiger charge is -2.21. The van der Waals surface area contributed by atoms with E-state index in [0.717, 1.165) is 0 Å². The number of nitrogens with two attached hydrogens (primary N) is 1. The molecule has 0 atom stereocenters. The van der Waals surface area contributed by atoms with Gasteiger partial charge in [0, 0.05) is 38.6 Å². The van der Waals surface area contributed by atoms with Crippen LogP contribution in [0.1, 0.15) is 10.4 Å². The van der Waals surface area contributed by atoms with Crippen molar-refractivity contribution in [1.82, 2.24) is 4.31 Å². The molecule has 170 valence electrons. The largest absolute Gasteiger partial charge is 0.383 e. The van der Waals surface area contributed by atoms with Gasteiger partial charge in [0.2, 0.25) is 20.0 Å². The fourth-order valence-corrected chi connectivity index (χ4v) is 4.52. The molecule has 0 heterocycles. The highest BCUT2D eigenvalue weighted by atomic mass is 32.2. The Labute approximate surface area is 182 Å². The second-order valence-corrected chi connectivity index (χ2v) is 9.94. The Hall–Kier alpha value is -2.35. The Morgan fingerprint density at radius 3 is 1.81 bits per heavy atom. The fourth-order valence-electron chi connectivity index (χ4n) is 2.60. The molecular weight excluding hydrogens is 446 g/mol. The van der Waals surface area contributed by atoms with Gasteiger partial charge in [-0.05, 0) is 48.5 Å². The van der Waals surface area contributed by atoms with Crippen LogP contribution in [0.25, 0.3) is 0 Å². The van der Waals surface area contributed by atoms with Gasteiger partial charge in [-0.15, -0.1) is 0 Å². The van der Waals surface area contributed by atoms with Crippen LogP contribution in [0.5, 0.6) is 0 Å². The SMILES string of the molecule is COCCN(CCOC)S(=O)(=O)c1ccc(C(=O)Nc2ccc(S(N)(=O)=O)cc2)cc1. The van der Waals surface area contributed by atoms with Gasteiger partial charge in [-0.3, -0.25) is 4.79 Å². The molecule has 0 aliphatic carbocycles. The number of rotatable bonds is 11. The van der Waals surface area contributed by atoms with Gasteiger partial charge in [-0.2, -0.15) is 4.31 Å². The lowest BCUT2D eigenvalue weighted by molar-refractivity contribution is 0.102. The van der Waals surface area contributed by atoms with Crippen molar-refractivity contribution >= 4 is 31.6 Å². The summed E-state index contributed by atoms with van der Waals surface area (Å²) in [6.07, 6.45) is 0. The van der Waals surface area contributed by atoms with Crippen molar-refractivity contribution in [2.45, 2.75) is 9.79 Å². The Balaban J connectivity index is 2.14. The van der Waals surface area contributed by atoms with Crippen LogP contribution in [0.15, 0.2) is 58.3 Å². The van der Waals surface area contributed by atoms with E-state index in [-0.39, 0.29) is 41.7 Å². The topological polar surface area (TPSA) is 145 Å². The molecule has 0 aromatic heterocycles. The van der Waals surface area contributed by atoms with Crippen LogP contribution in [0, 0.1) is 0 Å². The van der Waals surface area contributed by atoms with Gasteiger partial charge >= 0.3 is 0 Å². The second-order valence-electron chi connectivity index (χ2n) is 6.44. The smallest absolute Gasteiger partial charge is 0.255 e. The van der Waals surface area contributed by atoms with Crippen molar-refractivity contribution in [2.24, 2.45) is 5.14 Å². The predicted molar refractivity (Wildman–Crippen MR) is 115 cm³/mol. The molecule has 10 nitrogen and oxygen atoms in total. The molecule has 0 aliphatic rings. The minimum atomic E-state index is -3.83. The highest BCUT2D eigenvalue weighted by Crippen LogP contribution is 2.18. The third kappa shape index (κ3) is 6.82. The number of sulfonamides is 2. The lowest BCUT2D eigenvalue weighted by atomic mass is 10.2. The van der Waals surface area contributed by atoms with E-state index in [9.17, 15) is 21.6 Å². The molecule has 1 amide bonds. The summed E-state index contributed by atoms with van der Waals surface area (Å²) in [4.78, 5) is 12.4. The molecule has 0 fully saturated rings.